The zero-order chi connectivity index (χ0) is 11.6. The second-order valence-corrected chi connectivity index (χ2v) is 5.19. The van der Waals surface area contributed by atoms with E-state index in [1.807, 2.05) is 26.8 Å². The average molecular weight is 233 g/mol. The number of rotatable bonds is 10. The van der Waals surface area contributed by atoms with Gasteiger partial charge in [0.1, 0.15) is 0 Å². The van der Waals surface area contributed by atoms with Crippen molar-refractivity contribution in [3.8, 4) is 0 Å². The molecule has 0 aromatic rings. The summed E-state index contributed by atoms with van der Waals surface area (Å²) in [6.07, 6.45) is 2.73. The van der Waals surface area contributed by atoms with E-state index in [1.165, 1.54) is 0 Å². The molecule has 0 rings (SSSR count). The minimum Gasteiger partial charge on any atom is -0.361 e. The summed E-state index contributed by atoms with van der Waals surface area (Å²) in [6.45, 7) is 12.0. The molecular formula is C10H23NO3Si. The van der Waals surface area contributed by atoms with E-state index in [4.69, 9.17) is 13.3 Å². The molecule has 0 aliphatic rings. The molecule has 0 bridgehead atoms. The van der Waals surface area contributed by atoms with Crippen molar-refractivity contribution in [3.63, 3.8) is 0 Å². The maximum Gasteiger partial charge on any atom is 0.596 e. The topological polar surface area (TPSA) is 39.7 Å². The first-order valence-electron chi connectivity index (χ1n) is 5.52. The maximum atomic E-state index is 5.61. The van der Waals surface area contributed by atoms with Crippen LogP contribution in [0.3, 0.4) is 0 Å². The molecule has 0 radical (unpaired) electrons. The molecule has 0 amide bonds. The predicted octanol–water partition coefficient (Wildman–Crippen LogP) is 1.70. The van der Waals surface area contributed by atoms with Crippen LogP contribution in [0.4, 0.5) is 0 Å². The maximum absolute atomic E-state index is 5.61. The molecule has 90 valence electrons. The standard InChI is InChI=1S/C10H23NO3Si/c1-5-9-10-11-15(12-6-2,13-7-3)14-8-4/h5,11H,1,6-10H2,2-4H3. The van der Waals surface area contributed by atoms with Crippen LogP contribution < -0.4 is 4.98 Å². The lowest BCUT2D eigenvalue weighted by molar-refractivity contribution is 0.0602. The normalized spacial score (nSPS) is 11.7. The van der Waals surface area contributed by atoms with Gasteiger partial charge in [0.05, 0.1) is 0 Å². The van der Waals surface area contributed by atoms with E-state index < -0.39 is 8.97 Å². The van der Waals surface area contributed by atoms with Crippen LogP contribution >= 0.6 is 0 Å². The van der Waals surface area contributed by atoms with Gasteiger partial charge in [-0.25, -0.2) is 0 Å². The van der Waals surface area contributed by atoms with Crippen molar-refractivity contribution in [1.29, 1.82) is 0 Å². The summed E-state index contributed by atoms with van der Waals surface area (Å²) in [6, 6.07) is 0. The first-order valence-corrected chi connectivity index (χ1v) is 7.24. The third kappa shape index (κ3) is 6.06. The van der Waals surface area contributed by atoms with Crippen LogP contribution in [0.5, 0.6) is 0 Å². The van der Waals surface area contributed by atoms with Crippen molar-refractivity contribution in [2.75, 3.05) is 26.4 Å². The van der Waals surface area contributed by atoms with Gasteiger partial charge in [-0.05, 0) is 33.7 Å². The van der Waals surface area contributed by atoms with Gasteiger partial charge in [0.15, 0.2) is 0 Å². The molecule has 0 unspecified atom stereocenters. The van der Waals surface area contributed by atoms with Crippen molar-refractivity contribution >= 4 is 8.97 Å². The van der Waals surface area contributed by atoms with Crippen LogP contribution in [-0.4, -0.2) is 35.3 Å². The monoisotopic (exact) mass is 233 g/mol. The molecule has 0 atom stereocenters. The molecule has 0 aromatic heterocycles. The average Bonchev–Trinajstić information content (AvgIpc) is 2.19. The van der Waals surface area contributed by atoms with Crippen molar-refractivity contribution in [2.24, 2.45) is 0 Å². The van der Waals surface area contributed by atoms with Gasteiger partial charge in [-0.3, -0.25) is 4.98 Å². The van der Waals surface area contributed by atoms with Crippen molar-refractivity contribution in [3.05, 3.63) is 12.7 Å². The number of hydrogen-bond donors (Lipinski definition) is 1. The molecule has 0 fully saturated rings. The Bertz CT molecular complexity index is 150. The molecular weight excluding hydrogens is 210 g/mol. The van der Waals surface area contributed by atoms with Gasteiger partial charge in [0.2, 0.25) is 0 Å². The van der Waals surface area contributed by atoms with Gasteiger partial charge in [-0.1, -0.05) is 6.08 Å². The molecule has 5 heteroatoms. The quantitative estimate of drug-likeness (QED) is 0.354. The van der Waals surface area contributed by atoms with E-state index in [2.05, 4.69) is 11.6 Å². The minimum atomic E-state index is -2.63. The minimum absolute atomic E-state index is 0.591. The Morgan fingerprint density at radius 3 is 1.87 bits per heavy atom. The van der Waals surface area contributed by atoms with Crippen LogP contribution in [0.2, 0.25) is 0 Å². The molecule has 0 aliphatic heterocycles. The van der Waals surface area contributed by atoms with E-state index in [9.17, 15) is 0 Å². The Labute approximate surface area is 94.1 Å². The van der Waals surface area contributed by atoms with Crippen molar-refractivity contribution in [1.82, 2.24) is 4.98 Å². The summed E-state index contributed by atoms with van der Waals surface area (Å²) in [5.41, 5.74) is 0. The lowest BCUT2D eigenvalue weighted by atomic mass is 10.4. The summed E-state index contributed by atoms with van der Waals surface area (Å²) in [7, 11) is -2.63. The van der Waals surface area contributed by atoms with Crippen molar-refractivity contribution in [2.45, 2.75) is 27.2 Å². The molecule has 0 saturated carbocycles. The van der Waals surface area contributed by atoms with Crippen LogP contribution in [0.15, 0.2) is 12.7 Å². The molecule has 0 aliphatic carbocycles. The SMILES string of the molecule is C=CCCN[Si](OCC)(OCC)OCC. The number of hydrogen-bond acceptors (Lipinski definition) is 4. The van der Waals surface area contributed by atoms with Gasteiger partial charge < -0.3 is 13.3 Å². The highest BCUT2D eigenvalue weighted by atomic mass is 28.4. The van der Waals surface area contributed by atoms with E-state index in [1.54, 1.807) is 0 Å². The fraction of sp³-hybridized carbons (Fsp3) is 0.800. The zero-order valence-corrected chi connectivity index (χ0v) is 11.0. The lowest BCUT2D eigenvalue weighted by Crippen LogP contribution is -2.59. The first kappa shape index (κ1) is 14.8. The molecule has 4 nitrogen and oxygen atoms in total. The molecule has 0 aromatic carbocycles. The fourth-order valence-electron chi connectivity index (χ4n) is 1.18. The largest absolute Gasteiger partial charge is 0.596 e. The second kappa shape index (κ2) is 9.05. The summed E-state index contributed by atoms with van der Waals surface area (Å²) in [5.74, 6) is 0. The summed E-state index contributed by atoms with van der Waals surface area (Å²) in [4.78, 5) is 3.24. The van der Waals surface area contributed by atoms with Crippen LogP contribution in [0, 0.1) is 0 Å². The predicted molar refractivity (Wildman–Crippen MR) is 63.4 cm³/mol. The van der Waals surface area contributed by atoms with Crippen LogP contribution in [0.25, 0.3) is 0 Å². The highest BCUT2D eigenvalue weighted by molar-refractivity contribution is 6.57. The van der Waals surface area contributed by atoms with E-state index in [0.29, 0.717) is 19.8 Å². The van der Waals surface area contributed by atoms with Gasteiger partial charge in [0, 0.05) is 19.8 Å². The van der Waals surface area contributed by atoms with E-state index >= 15 is 0 Å². The van der Waals surface area contributed by atoms with Crippen molar-refractivity contribution < 1.29 is 13.3 Å². The van der Waals surface area contributed by atoms with E-state index in [0.717, 1.165) is 13.0 Å². The molecule has 1 N–H and O–H groups in total. The van der Waals surface area contributed by atoms with Crippen LogP contribution in [-0.2, 0) is 13.3 Å². The highest BCUT2D eigenvalue weighted by Gasteiger charge is 2.40. The Morgan fingerprint density at radius 1 is 1.07 bits per heavy atom. The van der Waals surface area contributed by atoms with E-state index in [-0.39, 0.29) is 0 Å². The Hall–Kier alpha value is -0.203. The van der Waals surface area contributed by atoms with Gasteiger partial charge >= 0.3 is 8.97 Å². The molecule has 0 heterocycles. The Balaban J connectivity index is 4.24. The molecule has 0 spiro atoms. The van der Waals surface area contributed by atoms with Gasteiger partial charge in [0.25, 0.3) is 0 Å². The van der Waals surface area contributed by atoms with Gasteiger partial charge in [-0.15, -0.1) is 6.58 Å². The Kier molecular flexibility index (Phi) is 8.93. The lowest BCUT2D eigenvalue weighted by Gasteiger charge is -2.28. The third-order valence-electron chi connectivity index (χ3n) is 1.69. The molecule has 0 saturated heterocycles. The summed E-state index contributed by atoms with van der Waals surface area (Å²) < 4.78 is 16.8. The Morgan fingerprint density at radius 2 is 1.53 bits per heavy atom. The van der Waals surface area contributed by atoms with Crippen LogP contribution in [0.1, 0.15) is 27.2 Å². The third-order valence-corrected chi connectivity index (χ3v) is 4.38. The fourth-order valence-corrected chi connectivity index (χ4v) is 3.32. The molecule has 15 heavy (non-hydrogen) atoms. The number of nitrogens with one attached hydrogen (secondary N) is 1. The first-order chi connectivity index (χ1) is 7.24. The summed E-state index contributed by atoms with van der Waals surface area (Å²) >= 11 is 0. The zero-order valence-electron chi connectivity index (χ0n) is 10.0. The highest BCUT2D eigenvalue weighted by Crippen LogP contribution is 2.06. The summed E-state index contributed by atoms with van der Waals surface area (Å²) in [5, 5.41) is 0. The smallest absolute Gasteiger partial charge is 0.361 e. The van der Waals surface area contributed by atoms with Gasteiger partial charge in [-0.2, -0.15) is 0 Å². The second-order valence-electron chi connectivity index (χ2n) is 2.86.